The minimum Gasteiger partial charge on any atom is -0.462 e. The van der Waals surface area contributed by atoms with Crippen molar-refractivity contribution >= 4 is 17.9 Å². The SMILES string of the molecule is CC/C=C\C/C=C\C/C=C\C/C=C\C/C=C\C/C=C\CCCCCCCCCCC(=O)OCC(COC(=O)CCCCCCC/C=C\CCCC)OC(=O)CCCCCCCCC/C=C\CCCCCCCC. The molecule has 0 aliphatic carbocycles. The summed E-state index contributed by atoms with van der Waals surface area (Å²) < 4.78 is 16.9. The second-order valence-corrected chi connectivity index (χ2v) is 20.2. The zero-order valence-electron chi connectivity index (χ0n) is 47.9. The lowest BCUT2D eigenvalue weighted by molar-refractivity contribution is -0.167. The number of hydrogen-bond acceptors (Lipinski definition) is 6. The van der Waals surface area contributed by atoms with Crippen molar-refractivity contribution in [1.82, 2.24) is 0 Å². The molecule has 0 aromatic rings. The van der Waals surface area contributed by atoms with E-state index in [9.17, 15) is 14.4 Å². The number of rotatable bonds is 55. The highest BCUT2D eigenvalue weighted by Gasteiger charge is 2.19. The molecule has 0 aliphatic heterocycles. The smallest absolute Gasteiger partial charge is 0.306 e. The highest BCUT2D eigenvalue weighted by Crippen LogP contribution is 2.15. The lowest BCUT2D eigenvalue weighted by Gasteiger charge is -2.18. The Morgan fingerprint density at radius 2 is 0.548 bits per heavy atom. The maximum atomic E-state index is 12.9. The third-order valence-electron chi connectivity index (χ3n) is 13.0. The van der Waals surface area contributed by atoms with E-state index in [1.165, 1.54) is 141 Å². The summed E-state index contributed by atoms with van der Waals surface area (Å²) in [7, 11) is 0. The lowest BCUT2D eigenvalue weighted by Crippen LogP contribution is -2.30. The van der Waals surface area contributed by atoms with E-state index in [2.05, 4.69) is 118 Å². The van der Waals surface area contributed by atoms with Gasteiger partial charge in [-0.15, -0.1) is 0 Å². The molecule has 0 aromatic heterocycles. The highest BCUT2D eigenvalue weighted by atomic mass is 16.6. The van der Waals surface area contributed by atoms with Gasteiger partial charge in [0.05, 0.1) is 0 Å². The quantitative estimate of drug-likeness (QED) is 0.0261. The maximum absolute atomic E-state index is 12.9. The molecule has 1 unspecified atom stereocenters. The van der Waals surface area contributed by atoms with Crippen LogP contribution in [0.25, 0.3) is 0 Å². The molecule has 0 saturated heterocycles. The molecule has 0 bridgehead atoms. The molecule has 1 atom stereocenters. The Morgan fingerprint density at radius 1 is 0.288 bits per heavy atom. The van der Waals surface area contributed by atoms with Crippen molar-refractivity contribution in [3.05, 3.63) is 97.2 Å². The molecule has 0 aromatic carbocycles. The van der Waals surface area contributed by atoms with Gasteiger partial charge >= 0.3 is 17.9 Å². The number of carbonyl (C=O) groups excluding carboxylic acids is 3. The Morgan fingerprint density at radius 3 is 0.890 bits per heavy atom. The van der Waals surface area contributed by atoms with Crippen LogP contribution in [0.1, 0.15) is 290 Å². The van der Waals surface area contributed by atoms with Gasteiger partial charge in [-0.2, -0.15) is 0 Å². The largest absolute Gasteiger partial charge is 0.462 e. The van der Waals surface area contributed by atoms with Crippen LogP contribution in [0, 0.1) is 0 Å². The van der Waals surface area contributed by atoms with Crippen LogP contribution in [0.2, 0.25) is 0 Å². The van der Waals surface area contributed by atoms with E-state index >= 15 is 0 Å². The van der Waals surface area contributed by atoms with Gasteiger partial charge in [-0.05, 0) is 116 Å². The van der Waals surface area contributed by atoms with Crippen molar-refractivity contribution in [2.45, 2.75) is 297 Å². The predicted molar refractivity (Wildman–Crippen MR) is 316 cm³/mol. The van der Waals surface area contributed by atoms with Crippen molar-refractivity contribution in [3.8, 4) is 0 Å². The van der Waals surface area contributed by atoms with Gasteiger partial charge < -0.3 is 14.2 Å². The maximum Gasteiger partial charge on any atom is 0.306 e. The monoisotopic (exact) mass is 1010 g/mol. The van der Waals surface area contributed by atoms with Crippen LogP contribution in [0.5, 0.6) is 0 Å². The molecule has 0 rings (SSSR count). The molecule has 0 spiro atoms. The molecule has 0 heterocycles. The van der Waals surface area contributed by atoms with E-state index in [1.54, 1.807) is 0 Å². The van der Waals surface area contributed by atoms with Gasteiger partial charge in [0.2, 0.25) is 0 Å². The van der Waals surface area contributed by atoms with E-state index in [0.29, 0.717) is 19.3 Å². The minimum atomic E-state index is -0.787. The summed E-state index contributed by atoms with van der Waals surface area (Å²) in [6.07, 6.45) is 81.2. The van der Waals surface area contributed by atoms with Gasteiger partial charge in [-0.25, -0.2) is 0 Å². The zero-order chi connectivity index (χ0) is 52.9. The Bertz CT molecular complexity index is 1440. The third kappa shape index (κ3) is 59.1. The number of hydrogen-bond donors (Lipinski definition) is 0. The fraction of sp³-hybridized carbons (Fsp3) is 0.716. The molecule has 0 amide bonds. The van der Waals surface area contributed by atoms with Crippen LogP contribution >= 0.6 is 0 Å². The van der Waals surface area contributed by atoms with E-state index in [4.69, 9.17) is 14.2 Å². The summed E-state index contributed by atoms with van der Waals surface area (Å²) >= 11 is 0. The Labute approximate surface area is 451 Å². The highest BCUT2D eigenvalue weighted by molar-refractivity contribution is 5.71. The summed E-state index contributed by atoms with van der Waals surface area (Å²) in [5.41, 5.74) is 0. The predicted octanol–water partition coefficient (Wildman–Crippen LogP) is 20.9. The molecule has 418 valence electrons. The van der Waals surface area contributed by atoms with E-state index in [0.717, 1.165) is 109 Å². The number of carbonyl (C=O) groups is 3. The first-order valence-corrected chi connectivity index (χ1v) is 30.7. The van der Waals surface area contributed by atoms with Gasteiger partial charge in [0.25, 0.3) is 0 Å². The van der Waals surface area contributed by atoms with Crippen LogP contribution < -0.4 is 0 Å². The number of unbranched alkanes of at least 4 members (excludes halogenated alkanes) is 28. The first-order chi connectivity index (χ1) is 36.0. The molecule has 0 fully saturated rings. The Kier molecular flexibility index (Phi) is 57.8. The summed E-state index contributed by atoms with van der Waals surface area (Å²) in [6, 6.07) is 0. The van der Waals surface area contributed by atoms with Crippen molar-refractivity contribution < 1.29 is 28.6 Å². The minimum absolute atomic E-state index is 0.0855. The molecule has 0 radical (unpaired) electrons. The second-order valence-electron chi connectivity index (χ2n) is 20.2. The second kappa shape index (κ2) is 60.9. The molecular formula is C67H114O6. The van der Waals surface area contributed by atoms with Crippen LogP contribution in [0.4, 0.5) is 0 Å². The van der Waals surface area contributed by atoms with Crippen molar-refractivity contribution in [3.63, 3.8) is 0 Å². The van der Waals surface area contributed by atoms with Gasteiger partial charge in [-0.3, -0.25) is 14.4 Å². The number of allylic oxidation sites excluding steroid dienone is 16. The molecule has 0 saturated carbocycles. The lowest BCUT2D eigenvalue weighted by atomic mass is 10.1. The molecular weight excluding hydrogens is 901 g/mol. The standard InChI is InChI=1S/C67H114O6/c1-4-7-10-13-16-19-22-24-26-28-29-30-31-32-33-34-35-36-37-39-40-42-45-48-51-54-57-60-66(69)72-63-64(62-71-65(68)59-56-53-50-47-44-21-18-15-12-9-6-3)73-67(70)61-58-55-52-49-46-43-41-38-27-25-23-20-17-14-11-8-5-2/h7,10,15-16,18-19,24-27,29-30,32-33,35-36,64H,4-6,8-9,11-14,17,20-23,28,31,34,37-63H2,1-3H3/b10-7-,18-15-,19-16-,26-24-,27-25-,30-29-,33-32-,36-35-. The summed E-state index contributed by atoms with van der Waals surface area (Å²) in [6.45, 7) is 6.48. The Balaban J connectivity index is 4.30. The summed E-state index contributed by atoms with van der Waals surface area (Å²) in [5, 5.41) is 0. The Hall–Kier alpha value is -3.67. The zero-order valence-corrected chi connectivity index (χ0v) is 47.9. The first kappa shape index (κ1) is 69.3. The first-order valence-electron chi connectivity index (χ1n) is 30.7. The van der Waals surface area contributed by atoms with Gasteiger partial charge in [0.1, 0.15) is 13.2 Å². The van der Waals surface area contributed by atoms with E-state index in [1.807, 2.05) is 0 Å². The molecule has 0 N–H and O–H groups in total. The fourth-order valence-electron chi connectivity index (χ4n) is 8.42. The van der Waals surface area contributed by atoms with Crippen LogP contribution in [-0.4, -0.2) is 37.2 Å². The van der Waals surface area contributed by atoms with Gasteiger partial charge in [0, 0.05) is 19.3 Å². The molecule has 73 heavy (non-hydrogen) atoms. The summed E-state index contributed by atoms with van der Waals surface area (Å²) in [4.78, 5) is 38.2. The van der Waals surface area contributed by atoms with E-state index in [-0.39, 0.29) is 31.1 Å². The molecule has 6 heteroatoms. The van der Waals surface area contributed by atoms with Crippen molar-refractivity contribution in [1.29, 1.82) is 0 Å². The van der Waals surface area contributed by atoms with Crippen molar-refractivity contribution in [2.75, 3.05) is 13.2 Å². The average molecular weight is 1020 g/mol. The molecule has 6 nitrogen and oxygen atoms in total. The van der Waals surface area contributed by atoms with Crippen LogP contribution in [-0.2, 0) is 28.6 Å². The van der Waals surface area contributed by atoms with Crippen LogP contribution in [0.3, 0.4) is 0 Å². The average Bonchev–Trinajstić information content (AvgIpc) is 3.39. The number of esters is 3. The fourth-order valence-corrected chi connectivity index (χ4v) is 8.42. The topological polar surface area (TPSA) is 78.9 Å². The van der Waals surface area contributed by atoms with Gasteiger partial charge in [-0.1, -0.05) is 253 Å². The van der Waals surface area contributed by atoms with Crippen LogP contribution in [0.15, 0.2) is 97.2 Å². The normalized spacial score (nSPS) is 12.8. The molecule has 0 aliphatic rings. The van der Waals surface area contributed by atoms with E-state index < -0.39 is 6.10 Å². The summed E-state index contributed by atoms with van der Waals surface area (Å²) in [5.74, 6) is -0.901. The number of ether oxygens (including phenoxy) is 3. The van der Waals surface area contributed by atoms with Crippen molar-refractivity contribution in [2.24, 2.45) is 0 Å². The third-order valence-corrected chi connectivity index (χ3v) is 13.0. The van der Waals surface area contributed by atoms with Gasteiger partial charge in [0.15, 0.2) is 6.10 Å².